The molecule has 2 aliphatic rings. The zero-order valence-electron chi connectivity index (χ0n) is 31.6. The van der Waals surface area contributed by atoms with E-state index in [2.05, 4.69) is 64.4 Å². The number of hydrogen-bond donors (Lipinski definition) is 1. The van der Waals surface area contributed by atoms with Gasteiger partial charge in [0.15, 0.2) is 0 Å². The van der Waals surface area contributed by atoms with Crippen LogP contribution in [0.5, 0.6) is 0 Å². The molecule has 1 saturated carbocycles. The van der Waals surface area contributed by atoms with E-state index in [0.717, 1.165) is 30.8 Å². The summed E-state index contributed by atoms with van der Waals surface area (Å²) in [5.74, 6) is 0.980. The lowest BCUT2D eigenvalue weighted by atomic mass is 9.79. The van der Waals surface area contributed by atoms with Crippen molar-refractivity contribution in [3.05, 3.63) is 34.9 Å². The summed E-state index contributed by atoms with van der Waals surface area (Å²) < 4.78 is 32.3. The zero-order valence-corrected chi connectivity index (χ0v) is 34.5. The minimum atomic E-state index is -3.91. The Labute approximate surface area is 289 Å². The number of aryl methyl sites for hydroxylation is 1. The molecule has 2 aliphatic carbocycles. The molecule has 1 amide bonds. The number of hydrogen-bond acceptors (Lipinski definition) is 5. The van der Waals surface area contributed by atoms with E-state index in [1.807, 2.05) is 20.8 Å². The second kappa shape index (κ2) is 16.8. The molecule has 1 aromatic rings. The number of carbonyl (C=O) groups is 1. The number of benzene rings is 1. The van der Waals surface area contributed by atoms with Gasteiger partial charge >= 0.3 is 13.9 Å². The topological polar surface area (TPSA) is 85.3 Å². The Morgan fingerprint density at radius 2 is 1.60 bits per heavy atom. The second-order valence-corrected chi connectivity index (χ2v) is 30.9. The molecule has 7 nitrogen and oxygen atoms in total. The van der Waals surface area contributed by atoms with Crippen LogP contribution < -0.4 is 0 Å². The third-order valence-electron chi connectivity index (χ3n) is 10.1. The summed E-state index contributed by atoms with van der Waals surface area (Å²) in [5.41, 5.74) is 2.71. The van der Waals surface area contributed by atoms with Crippen molar-refractivity contribution in [1.29, 1.82) is 0 Å². The molecule has 3 rings (SSSR count). The first-order chi connectivity index (χ1) is 21.8. The maximum Gasteiger partial charge on any atom is 0.474 e. The first-order valence-corrected chi connectivity index (χ1v) is 27.3. The summed E-state index contributed by atoms with van der Waals surface area (Å²) in [7, 11) is -6.80. The molecule has 0 bridgehead atoms. The lowest BCUT2D eigenvalue weighted by Crippen LogP contribution is -2.60. The number of rotatable bonds is 18. The molecule has 1 aromatic carbocycles. The molecule has 0 aliphatic heterocycles. The van der Waals surface area contributed by atoms with Gasteiger partial charge in [-0.05, 0) is 99.9 Å². The van der Waals surface area contributed by atoms with Crippen molar-refractivity contribution in [2.24, 2.45) is 5.92 Å². The lowest BCUT2D eigenvalue weighted by molar-refractivity contribution is -0.0181. The van der Waals surface area contributed by atoms with E-state index < -0.39 is 41.1 Å². The summed E-state index contributed by atoms with van der Waals surface area (Å²) >= 11 is 0. The summed E-state index contributed by atoms with van der Waals surface area (Å²) in [6, 6.07) is 8.70. The number of phosphoric acid groups is 1. The quantitative estimate of drug-likeness (QED) is 0.0928. The summed E-state index contributed by atoms with van der Waals surface area (Å²) in [5, 5.41) is 10.6. The Bertz CT molecular complexity index is 1180. The van der Waals surface area contributed by atoms with Crippen molar-refractivity contribution in [2.45, 2.75) is 167 Å². The zero-order chi connectivity index (χ0) is 35.1. The van der Waals surface area contributed by atoms with Crippen LogP contribution >= 0.6 is 7.82 Å². The first-order valence-electron chi connectivity index (χ1n) is 18.4. The van der Waals surface area contributed by atoms with Crippen LogP contribution in [-0.2, 0) is 31.0 Å². The van der Waals surface area contributed by atoms with Gasteiger partial charge in [0.25, 0.3) is 0 Å². The van der Waals surface area contributed by atoms with Crippen LogP contribution in [-0.4, -0.2) is 63.1 Å². The number of amides is 1. The highest BCUT2D eigenvalue weighted by Crippen LogP contribution is 2.54. The van der Waals surface area contributed by atoms with Gasteiger partial charge in [0.2, 0.25) is 0 Å². The number of carboxylic acid groups (broad SMARTS) is 1. The van der Waals surface area contributed by atoms with Crippen LogP contribution in [0, 0.1) is 5.92 Å². The van der Waals surface area contributed by atoms with E-state index in [0.29, 0.717) is 26.1 Å². The van der Waals surface area contributed by atoms with Gasteiger partial charge in [-0.1, -0.05) is 96.5 Å². The number of nitrogens with zero attached hydrogens (tertiary/aromatic N) is 1. The Balaban J connectivity index is 1.82. The minimum absolute atomic E-state index is 0.0190. The van der Waals surface area contributed by atoms with Gasteiger partial charge in [-0.2, -0.15) is 0 Å². The second-order valence-electron chi connectivity index (χ2n) is 17.9. The van der Waals surface area contributed by atoms with Gasteiger partial charge in [-0.3, -0.25) is 18.5 Å². The van der Waals surface area contributed by atoms with Crippen molar-refractivity contribution in [1.82, 2.24) is 4.90 Å². The fraction of sp³-hybridized carbons (Fsp3) is 0.811. The van der Waals surface area contributed by atoms with Crippen LogP contribution in [0.1, 0.15) is 108 Å². The van der Waals surface area contributed by atoms with E-state index in [1.165, 1.54) is 61.6 Å². The predicted molar refractivity (Wildman–Crippen MR) is 201 cm³/mol. The highest BCUT2D eigenvalue weighted by atomic mass is 31.2. The maximum absolute atomic E-state index is 14.2. The van der Waals surface area contributed by atoms with Gasteiger partial charge in [0.1, 0.15) is 0 Å². The van der Waals surface area contributed by atoms with Crippen LogP contribution in [0.4, 0.5) is 4.79 Å². The Hall–Kier alpha value is -0.966. The molecular formula is C37H68NO6PSi2. The predicted octanol–water partition coefficient (Wildman–Crippen LogP) is 11.4. The van der Waals surface area contributed by atoms with Gasteiger partial charge in [0, 0.05) is 21.7 Å². The molecule has 270 valence electrons. The van der Waals surface area contributed by atoms with E-state index >= 15 is 0 Å². The van der Waals surface area contributed by atoms with Crippen molar-refractivity contribution in [3.8, 4) is 0 Å². The third-order valence-corrected chi connectivity index (χ3v) is 15.0. The highest BCUT2D eigenvalue weighted by molar-refractivity contribution is 7.48. The van der Waals surface area contributed by atoms with Crippen LogP contribution in [0.15, 0.2) is 18.2 Å². The summed E-state index contributed by atoms with van der Waals surface area (Å²) in [6.07, 6.45) is 11.3. The average Bonchev–Trinajstić information content (AvgIpc) is 3.36. The van der Waals surface area contributed by atoms with Crippen molar-refractivity contribution in [2.75, 3.05) is 19.8 Å². The molecule has 1 N–H and O–H groups in total. The Morgan fingerprint density at radius 3 is 2.15 bits per heavy atom. The molecule has 3 atom stereocenters. The molecule has 10 heteroatoms. The normalized spacial score (nSPS) is 22.3. The Morgan fingerprint density at radius 1 is 0.957 bits per heavy atom. The summed E-state index contributed by atoms with van der Waals surface area (Å²) in [6.45, 7) is 22.2. The summed E-state index contributed by atoms with van der Waals surface area (Å²) in [4.78, 5) is 14.5. The number of unbranched alkanes of at least 4 members (excludes halogenated alkanes) is 3. The molecule has 0 radical (unpaired) electrons. The highest BCUT2D eigenvalue weighted by Gasteiger charge is 2.52. The number of fused-ring (bicyclic) bond motifs is 1. The standard InChI is InChI=1S/C37H68NO6PSi2/c1-11-12-13-14-15-30-16-17-32-27-33(19-18-31(32)26-30)34-20-21-37(28-34,38(35(39)40)36(2,3)4)29-44-45(41,42-22-24-46(5,6)7)43-23-25-47(8,9)10/h18-19,27,30,34H,11-17,20-26,28-29H2,1-10H3,(H,39,40)/t30?,34-,37+/m0/s1. The molecule has 0 saturated heterocycles. The smallest absolute Gasteiger partial charge is 0.465 e. The van der Waals surface area contributed by atoms with Gasteiger partial charge in [0.05, 0.1) is 25.4 Å². The van der Waals surface area contributed by atoms with Crippen molar-refractivity contribution >= 4 is 30.1 Å². The molecule has 1 unspecified atom stereocenters. The van der Waals surface area contributed by atoms with Crippen LogP contribution in [0.25, 0.3) is 0 Å². The van der Waals surface area contributed by atoms with E-state index in [-0.39, 0.29) is 12.5 Å². The van der Waals surface area contributed by atoms with Crippen LogP contribution in [0.2, 0.25) is 51.4 Å². The maximum atomic E-state index is 14.2. The Kier molecular flexibility index (Phi) is 14.5. The monoisotopic (exact) mass is 709 g/mol. The fourth-order valence-electron chi connectivity index (χ4n) is 7.44. The molecule has 0 spiro atoms. The van der Waals surface area contributed by atoms with Crippen LogP contribution in [0.3, 0.4) is 0 Å². The SMILES string of the molecule is CCCCCCC1CCc2cc([C@H]3CC[C@@](COP(=O)(OCC[Si](C)(C)C)OCC[Si](C)(C)C)(N(C(=O)O)C(C)(C)C)C3)ccc2C1. The average molecular weight is 710 g/mol. The molecule has 0 heterocycles. The molecular weight excluding hydrogens is 642 g/mol. The minimum Gasteiger partial charge on any atom is -0.465 e. The van der Waals surface area contributed by atoms with Crippen molar-refractivity contribution in [3.63, 3.8) is 0 Å². The molecule has 0 aromatic heterocycles. The fourth-order valence-corrected chi connectivity index (χ4v) is 10.5. The molecule has 1 fully saturated rings. The number of phosphoric ester groups is 1. The van der Waals surface area contributed by atoms with E-state index in [1.54, 1.807) is 4.90 Å². The van der Waals surface area contributed by atoms with Crippen molar-refractivity contribution < 1.29 is 28.0 Å². The molecule has 47 heavy (non-hydrogen) atoms. The first kappa shape index (κ1) is 40.5. The van der Waals surface area contributed by atoms with Gasteiger partial charge in [-0.15, -0.1) is 0 Å². The van der Waals surface area contributed by atoms with E-state index in [4.69, 9.17) is 13.6 Å². The van der Waals surface area contributed by atoms with Gasteiger partial charge in [-0.25, -0.2) is 9.36 Å². The van der Waals surface area contributed by atoms with Gasteiger partial charge < -0.3 is 5.11 Å². The van der Waals surface area contributed by atoms with E-state index in [9.17, 15) is 14.5 Å². The third kappa shape index (κ3) is 12.7. The largest absolute Gasteiger partial charge is 0.474 e. The lowest BCUT2D eigenvalue weighted by Gasteiger charge is -2.47.